The predicted octanol–water partition coefficient (Wildman–Crippen LogP) is 3.02. The molecule has 1 aromatic heterocycles. The van der Waals surface area contributed by atoms with Crippen LogP contribution in [0.15, 0.2) is 36.4 Å². The van der Waals surface area contributed by atoms with Crippen molar-refractivity contribution < 1.29 is 14.3 Å². The van der Waals surface area contributed by atoms with Gasteiger partial charge in [-0.25, -0.2) is 4.68 Å². The molecule has 1 aliphatic heterocycles. The molecule has 28 heavy (non-hydrogen) atoms. The molecule has 6 nitrogen and oxygen atoms in total. The van der Waals surface area contributed by atoms with Crippen LogP contribution in [-0.2, 0) is 20.9 Å². The van der Waals surface area contributed by atoms with Crippen molar-refractivity contribution in [3.8, 4) is 0 Å². The summed E-state index contributed by atoms with van der Waals surface area (Å²) in [5, 5.41) is 4.64. The summed E-state index contributed by atoms with van der Waals surface area (Å²) in [6.45, 7) is 3.37. The van der Waals surface area contributed by atoms with Gasteiger partial charge in [-0.15, -0.1) is 11.8 Å². The molecule has 1 fully saturated rings. The van der Waals surface area contributed by atoms with Gasteiger partial charge in [-0.3, -0.25) is 9.59 Å². The highest BCUT2D eigenvalue weighted by Gasteiger charge is 2.28. The minimum Gasteiger partial charge on any atom is -0.468 e. The number of rotatable bonds is 5. The zero-order chi connectivity index (χ0) is 20.1. The molecule has 1 amide bonds. The van der Waals surface area contributed by atoms with E-state index in [1.54, 1.807) is 15.7 Å². The Morgan fingerprint density at radius 3 is 2.82 bits per heavy atom. The first-order chi connectivity index (χ1) is 13.5. The summed E-state index contributed by atoms with van der Waals surface area (Å²) in [7, 11) is 1.36. The molecular formula is C20H22ClN3O3S. The number of esters is 1. The van der Waals surface area contributed by atoms with E-state index in [4.69, 9.17) is 16.3 Å². The summed E-state index contributed by atoms with van der Waals surface area (Å²) >= 11 is 8.01. The summed E-state index contributed by atoms with van der Waals surface area (Å²) in [4.78, 5) is 25.9. The van der Waals surface area contributed by atoms with E-state index < -0.39 is 0 Å². The zero-order valence-corrected chi connectivity index (χ0v) is 17.4. The molecule has 0 N–H and O–H groups in total. The van der Waals surface area contributed by atoms with Crippen molar-refractivity contribution in [2.45, 2.75) is 18.7 Å². The van der Waals surface area contributed by atoms with Gasteiger partial charge >= 0.3 is 5.97 Å². The van der Waals surface area contributed by atoms with E-state index in [2.05, 4.69) is 5.10 Å². The molecule has 0 bridgehead atoms. The van der Waals surface area contributed by atoms with Gasteiger partial charge in [0, 0.05) is 30.5 Å². The van der Waals surface area contributed by atoms with Crippen LogP contribution in [0.1, 0.15) is 16.8 Å². The highest BCUT2D eigenvalue weighted by Crippen LogP contribution is 2.23. The quantitative estimate of drug-likeness (QED) is 0.550. The molecule has 8 heteroatoms. The van der Waals surface area contributed by atoms with E-state index in [1.807, 2.05) is 37.3 Å². The fourth-order valence-corrected chi connectivity index (χ4v) is 4.43. The van der Waals surface area contributed by atoms with E-state index in [0.717, 1.165) is 16.8 Å². The normalized spacial score (nSPS) is 17.1. The summed E-state index contributed by atoms with van der Waals surface area (Å²) < 4.78 is 6.51. The molecule has 1 aromatic carbocycles. The Hall–Kier alpha value is -2.25. The van der Waals surface area contributed by atoms with Crippen LogP contribution in [0.2, 0.25) is 5.15 Å². The Labute approximate surface area is 173 Å². The van der Waals surface area contributed by atoms with Crippen molar-refractivity contribution >= 4 is 41.3 Å². The molecule has 1 saturated heterocycles. The number of methoxy groups -OCH3 is 1. The molecule has 0 radical (unpaired) electrons. The number of amides is 1. The second kappa shape index (κ2) is 9.30. The fraction of sp³-hybridized carbons (Fsp3) is 0.350. The lowest BCUT2D eigenvalue weighted by Gasteiger charge is -2.30. The average molecular weight is 420 g/mol. The largest absolute Gasteiger partial charge is 0.468 e. The number of ether oxygens (including phenoxy) is 1. The topological polar surface area (TPSA) is 64.4 Å². The van der Waals surface area contributed by atoms with Crippen LogP contribution >= 0.6 is 23.4 Å². The van der Waals surface area contributed by atoms with Gasteiger partial charge in [0.25, 0.3) is 0 Å². The molecule has 1 atom stereocenters. The number of benzene rings is 1. The standard InChI is InChI=1S/C20H22ClN3O3S/c1-14-16(19(21)24(22-14)12-15-6-4-3-5-7-15)8-9-18(25)23-10-11-28-17(13-23)20(26)27-2/h3-9,17H,10-13H2,1-2H3/b9-8+/t17-/m1/s1. The van der Waals surface area contributed by atoms with Crippen LogP contribution in [0.5, 0.6) is 0 Å². The number of carbonyl (C=O) groups is 2. The Balaban J connectivity index is 1.70. The van der Waals surface area contributed by atoms with Gasteiger partial charge < -0.3 is 9.64 Å². The first kappa shape index (κ1) is 20.5. The van der Waals surface area contributed by atoms with E-state index in [9.17, 15) is 9.59 Å². The number of hydrogen-bond donors (Lipinski definition) is 0. The summed E-state index contributed by atoms with van der Waals surface area (Å²) in [6, 6.07) is 9.93. The summed E-state index contributed by atoms with van der Waals surface area (Å²) in [6.07, 6.45) is 3.19. The van der Waals surface area contributed by atoms with Gasteiger partial charge in [0.2, 0.25) is 5.91 Å². The van der Waals surface area contributed by atoms with Crippen LogP contribution in [-0.4, -0.2) is 57.8 Å². The van der Waals surface area contributed by atoms with Crippen LogP contribution < -0.4 is 0 Å². The minimum absolute atomic E-state index is 0.152. The van der Waals surface area contributed by atoms with Crippen molar-refractivity contribution in [3.63, 3.8) is 0 Å². The number of halogens is 1. The van der Waals surface area contributed by atoms with E-state index >= 15 is 0 Å². The SMILES string of the molecule is COC(=O)[C@H]1CN(C(=O)/C=C/c2c(C)nn(Cc3ccccc3)c2Cl)CCS1. The Morgan fingerprint density at radius 1 is 1.36 bits per heavy atom. The van der Waals surface area contributed by atoms with Crippen molar-refractivity contribution in [1.29, 1.82) is 0 Å². The van der Waals surface area contributed by atoms with Gasteiger partial charge in [-0.05, 0) is 18.6 Å². The highest BCUT2D eigenvalue weighted by atomic mass is 35.5. The maximum absolute atomic E-state index is 12.6. The van der Waals surface area contributed by atoms with E-state index in [-0.39, 0.29) is 17.1 Å². The minimum atomic E-state index is -0.338. The van der Waals surface area contributed by atoms with Gasteiger partial charge in [0.05, 0.1) is 19.3 Å². The van der Waals surface area contributed by atoms with Gasteiger partial charge in [-0.2, -0.15) is 5.10 Å². The Bertz CT molecular complexity index is 882. The molecule has 2 heterocycles. The molecular weight excluding hydrogens is 398 g/mol. The molecule has 2 aromatic rings. The monoisotopic (exact) mass is 419 g/mol. The Morgan fingerprint density at radius 2 is 2.11 bits per heavy atom. The highest BCUT2D eigenvalue weighted by molar-refractivity contribution is 8.00. The van der Waals surface area contributed by atoms with Crippen LogP contribution in [0, 0.1) is 6.92 Å². The van der Waals surface area contributed by atoms with Crippen LogP contribution in [0.25, 0.3) is 6.08 Å². The van der Waals surface area contributed by atoms with E-state index in [0.29, 0.717) is 30.5 Å². The lowest BCUT2D eigenvalue weighted by Crippen LogP contribution is -2.44. The maximum atomic E-state index is 12.6. The smallest absolute Gasteiger partial charge is 0.320 e. The molecule has 148 valence electrons. The number of hydrogen-bond acceptors (Lipinski definition) is 5. The first-order valence-electron chi connectivity index (χ1n) is 8.93. The third kappa shape index (κ3) is 4.77. The molecule has 3 rings (SSSR count). The molecule has 0 spiro atoms. The van der Waals surface area contributed by atoms with Crippen molar-refractivity contribution in [1.82, 2.24) is 14.7 Å². The second-order valence-corrected chi connectivity index (χ2v) is 8.10. The molecule has 0 saturated carbocycles. The number of carbonyl (C=O) groups excluding carboxylic acids is 2. The molecule has 0 unspecified atom stereocenters. The summed E-state index contributed by atoms with van der Waals surface area (Å²) in [5.74, 6) is 0.252. The predicted molar refractivity (Wildman–Crippen MR) is 111 cm³/mol. The van der Waals surface area contributed by atoms with E-state index in [1.165, 1.54) is 24.9 Å². The van der Waals surface area contributed by atoms with Gasteiger partial charge in [0.1, 0.15) is 10.4 Å². The average Bonchev–Trinajstić information content (AvgIpc) is 2.99. The molecule has 1 aliphatic rings. The lowest BCUT2D eigenvalue weighted by atomic mass is 10.2. The van der Waals surface area contributed by atoms with Gasteiger partial charge in [0.15, 0.2) is 0 Å². The molecule has 0 aliphatic carbocycles. The first-order valence-corrected chi connectivity index (χ1v) is 10.4. The number of aryl methyl sites for hydroxylation is 1. The number of thioether (sulfide) groups is 1. The second-order valence-electron chi connectivity index (χ2n) is 6.43. The van der Waals surface area contributed by atoms with Crippen molar-refractivity contribution in [3.05, 3.63) is 58.4 Å². The number of aromatic nitrogens is 2. The van der Waals surface area contributed by atoms with Crippen LogP contribution in [0.4, 0.5) is 0 Å². The third-order valence-corrected chi connectivity index (χ3v) is 6.08. The maximum Gasteiger partial charge on any atom is 0.320 e. The van der Waals surface area contributed by atoms with Crippen molar-refractivity contribution in [2.75, 3.05) is 26.0 Å². The fourth-order valence-electron chi connectivity index (χ4n) is 3.00. The number of nitrogens with zero attached hydrogens (tertiary/aromatic N) is 3. The van der Waals surface area contributed by atoms with Crippen LogP contribution in [0.3, 0.4) is 0 Å². The van der Waals surface area contributed by atoms with Crippen molar-refractivity contribution in [2.24, 2.45) is 0 Å². The lowest BCUT2D eigenvalue weighted by molar-refractivity contribution is -0.140. The summed E-state index contributed by atoms with van der Waals surface area (Å²) in [5.41, 5.74) is 2.58. The Kier molecular flexibility index (Phi) is 6.80. The third-order valence-electron chi connectivity index (χ3n) is 4.52. The zero-order valence-electron chi connectivity index (χ0n) is 15.8. The van der Waals surface area contributed by atoms with Gasteiger partial charge in [-0.1, -0.05) is 41.9 Å².